The highest BCUT2D eigenvalue weighted by Crippen LogP contribution is 2.15. The zero-order chi connectivity index (χ0) is 15.9. The van der Waals surface area contributed by atoms with Crippen LogP contribution in [0.1, 0.15) is 15.9 Å². The van der Waals surface area contributed by atoms with Crippen molar-refractivity contribution in [3.05, 3.63) is 70.5 Å². The van der Waals surface area contributed by atoms with Crippen LogP contribution in [0.15, 0.2) is 48.5 Å². The number of rotatable bonds is 5. The molecule has 1 amide bonds. The summed E-state index contributed by atoms with van der Waals surface area (Å²) in [6.45, 7) is -0.153. The lowest BCUT2D eigenvalue weighted by Gasteiger charge is -2.07. The van der Waals surface area contributed by atoms with Gasteiger partial charge in [-0.15, -0.1) is 0 Å². The van der Waals surface area contributed by atoms with Crippen LogP contribution in [0.3, 0.4) is 0 Å². The molecule has 22 heavy (non-hydrogen) atoms. The van der Waals surface area contributed by atoms with E-state index in [1.165, 1.54) is 12.1 Å². The van der Waals surface area contributed by atoms with Gasteiger partial charge in [0.1, 0.15) is 5.82 Å². The van der Waals surface area contributed by atoms with E-state index < -0.39 is 24.3 Å². The van der Waals surface area contributed by atoms with E-state index in [1.54, 1.807) is 0 Å². The van der Waals surface area contributed by atoms with Crippen LogP contribution < -0.4 is 5.32 Å². The molecule has 4 nitrogen and oxygen atoms in total. The molecule has 0 aliphatic heterocycles. The lowest BCUT2D eigenvalue weighted by molar-refractivity contribution is -0.124. The molecular formula is C16H13ClFNO3. The summed E-state index contributed by atoms with van der Waals surface area (Å²) in [6, 6.07) is 12.9. The molecule has 0 heterocycles. The van der Waals surface area contributed by atoms with Gasteiger partial charge in [0.05, 0.1) is 5.56 Å². The van der Waals surface area contributed by atoms with Gasteiger partial charge in [0.15, 0.2) is 6.61 Å². The highest BCUT2D eigenvalue weighted by Gasteiger charge is 2.15. The lowest BCUT2D eigenvalue weighted by atomic mass is 10.2. The van der Waals surface area contributed by atoms with Gasteiger partial charge in [-0.3, -0.25) is 4.79 Å². The summed E-state index contributed by atoms with van der Waals surface area (Å²) in [5, 5.41) is 2.77. The molecule has 0 aliphatic rings. The van der Waals surface area contributed by atoms with Gasteiger partial charge < -0.3 is 10.1 Å². The second-order valence-corrected chi connectivity index (χ2v) is 4.90. The van der Waals surface area contributed by atoms with Gasteiger partial charge >= 0.3 is 5.97 Å². The predicted molar refractivity (Wildman–Crippen MR) is 80.0 cm³/mol. The van der Waals surface area contributed by atoms with Crippen molar-refractivity contribution in [2.24, 2.45) is 0 Å². The first kappa shape index (κ1) is 16.0. The Labute approximate surface area is 131 Å². The fourth-order valence-corrected chi connectivity index (χ4v) is 1.87. The number of hydrogen-bond donors (Lipinski definition) is 1. The average molecular weight is 322 g/mol. The Morgan fingerprint density at radius 3 is 2.55 bits per heavy atom. The molecule has 0 bridgehead atoms. The highest BCUT2D eigenvalue weighted by atomic mass is 35.5. The van der Waals surface area contributed by atoms with Gasteiger partial charge in [-0.05, 0) is 23.8 Å². The van der Waals surface area contributed by atoms with Crippen LogP contribution >= 0.6 is 11.6 Å². The van der Waals surface area contributed by atoms with Gasteiger partial charge in [0.25, 0.3) is 5.91 Å². The van der Waals surface area contributed by atoms with Crippen LogP contribution in [0.4, 0.5) is 4.39 Å². The van der Waals surface area contributed by atoms with Gasteiger partial charge in [0, 0.05) is 11.6 Å². The molecule has 6 heteroatoms. The number of halogens is 2. The van der Waals surface area contributed by atoms with Crippen molar-refractivity contribution in [1.82, 2.24) is 5.32 Å². The summed E-state index contributed by atoms with van der Waals surface area (Å²) >= 11 is 5.59. The zero-order valence-corrected chi connectivity index (χ0v) is 12.3. The van der Waals surface area contributed by atoms with Crippen LogP contribution in [0.2, 0.25) is 5.02 Å². The Morgan fingerprint density at radius 1 is 1.14 bits per heavy atom. The summed E-state index contributed by atoms with van der Waals surface area (Å²) < 4.78 is 18.3. The maximum atomic E-state index is 13.5. The molecule has 0 fully saturated rings. The number of carbonyl (C=O) groups excluding carboxylic acids is 2. The number of hydrogen-bond acceptors (Lipinski definition) is 3. The third kappa shape index (κ3) is 4.56. The van der Waals surface area contributed by atoms with E-state index in [-0.39, 0.29) is 10.6 Å². The van der Waals surface area contributed by atoms with Crippen molar-refractivity contribution < 1.29 is 18.7 Å². The maximum absolute atomic E-state index is 13.5. The Balaban J connectivity index is 1.82. The third-order valence-corrected chi connectivity index (χ3v) is 3.05. The number of esters is 1. The molecule has 0 unspecified atom stereocenters. The van der Waals surface area contributed by atoms with E-state index in [1.807, 2.05) is 30.3 Å². The molecule has 0 radical (unpaired) electrons. The van der Waals surface area contributed by atoms with Crippen LogP contribution in [0.25, 0.3) is 0 Å². The number of nitrogens with one attached hydrogen (secondary N) is 1. The molecule has 0 aliphatic carbocycles. The van der Waals surface area contributed by atoms with Crippen molar-refractivity contribution in [3.63, 3.8) is 0 Å². The van der Waals surface area contributed by atoms with Crippen molar-refractivity contribution in [2.75, 3.05) is 6.61 Å². The summed E-state index contributed by atoms with van der Waals surface area (Å²) in [5.41, 5.74) is 0.659. The molecule has 0 saturated heterocycles. The predicted octanol–water partition coefficient (Wildman–Crippen LogP) is 2.95. The highest BCUT2D eigenvalue weighted by molar-refractivity contribution is 6.30. The summed E-state index contributed by atoms with van der Waals surface area (Å²) in [6.07, 6.45) is 0. The first-order valence-electron chi connectivity index (χ1n) is 6.49. The summed E-state index contributed by atoms with van der Waals surface area (Å²) in [4.78, 5) is 23.3. The Morgan fingerprint density at radius 2 is 1.86 bits per heavy atom. The Hall–Kier alpha value is -2.40. The average Bonchev–Trinajstić information content (AvgIpc) is 2.51. The monoisotopic (exact) mass is 321 g/mol. The summed E-state index contributed by atoms with van der Waals surface area (Å²) in [5.74, 6) is -2.17. The first-order chi connectivity index (χ1) is 10.6. The van der Waals surface area contributed by atoms with Crippen LogP contribution in [-0.2, 0) is 16.1 Å². The van der Waals surface area contributed by atoms with E-state index >= 15 is 0 Å². The quantitative estimate of drug-likeness (QED) is 0.861. The Bertz CT molecular complexity index is 676. The van der Waals surface area contributed by atoms with Gasteiger partial charge in [-0.25, -0.2) is 9.18 Å². The summed E-state index contributed by atoms with van der Waals surface area (Å²) in [7, 11) is 0. The van der Waals surface area contributed by atoms with Crippen molar-refractivity contribution in [2.45, 2.75) is 6.54 Å². The van der Waals surface area contributed by atoms with E-state index in [9.17, 15) is 14.0 Å². The van der Waals surface area contributed by atoms with E-state index in [0.29, 0.717) is 6.54 Å². The first-order valence-corrected chi connectivity index (χ1v) is 6.87. The number of benzene rings is 2. The molecule has 0 aromatic heterocycles. The van der Waals surface area contributed by atoms with E-state index in [0.717, 1.165) is 11.6 Å². The molecule has 114 valence electrons. The minimum absolute atomic E-state index is 0.176. The smallest absolute Gasteiger partial charge is 0.341 e. The van der Waals surface area contributed by atoms with Crippen molar-refractivity contribution in [1.29, 1.82) is 0 Å². The van der Waals surface area contributed by atoms with Gasteiger partial charge in [-0.2, -0.15) is 0 Å². The van der Waals surface area contributed by atoms with Crippen LogP contribution in [0, 0.1) is 5.82 Å². The number of amides is 1. The van der Waals surface area contributed by atoms with Crippen LogP contribution in [0.5, 0.6) is 0 Å². The van der Waals surface area contributed by atoms with Crippen molar-refractivity contribution in [3.8, 4) is 0 Å². The Kier molecular flexibility index (Phi) is 5.49. The molecule has 2 rings (SSSR count). The second kappa shape index (κ2) is 7.56. The lowest BCUT2D eigenvalue weighted by Crippen LogP contribution is -2.28. The van der Waals surface area contributed by atoms with E-state index in [4.69, 9.17) is 16.3 Å². The zero-order valence-electron chi connectivity index (χ0n) is 11.5. The second-order valence-electron chi connectivity index (χ2n) is 4.46. The minimum Gasteiger partial charge on any atom is -0.452 e. The van der Waals surface area contributed by atoms with Crippen LogP contribution in [-0.4, -0.2) is 18.5 Å². The fourth-order valence-electron chi connectivity index (χ4n) is 1.71. The van der Waals surface area contributed by atoms with Gasteiger partial charge in [-0.1, -0.05) is 41.9 Å². The largest absolute Gasteiger partial charge is 0.452 e. The molecule has 0 atom stereocenters. The SMILES string of the molecule is O=C(COC(=O)c1ccc(Cl)cc1F)NCc1ccccc1. The number of carbonyl (C=O) groups is 2. The standard InChI is InChI=1S/C16H13ClFNO3/c17-12-6-7-13(14(18)8-12)16(21)22-10-15(20)19-9-11-4-2-1-3-5-11/h1-8H,9-10H2,(H,19,20). The third-order valence-electron chi connectivity index (χ3n) is 2.82. The topological polar surface area (TPSA) is 55.4 Å². The van der Waals surface area contributed by atoms with Crippen molar-refractivity contribution >= 4 is 23.5 Å². The fraction of sp³-hybridized carbons (Fsp3) is 0.125. The molecule has 1 N–H and O–H groups in total. The molecular weight excluding hydrogens is 309 g/mol. The van der Waals surface area contributed by atoms with Gasteiger partial charge in [0.2, 0.25) is 0 Å². The molecule has 0 saturated carbocycles. The minimum atomic E-state index is -0.913. The molecule has 0 spiro atoms. The maximum Gasteiger partial charge on any atom is 0.341 e. The van der Waals surface area contributed by atoms with E-state index in [2.05, 4.69) is 5.32 Å². The number of ether oxygens (including phenoxy) is 1. The molecule has 2 aromatic carbocycles. The molecule has 2 aromatic rings. The normalized spacial score (nSPS) is 10.1.